The second-order valence-corrected chi connectivity index (χ2v) is 15.3. The topological polar surface area (TPSA) is 38.9 Å². The Labute approximate surface area is 318 Å². The Morgan fingerprint density at radius 2 is 1.26 bits per heavy atom. The van der Waals surface area contributed by atoms with Crippen LogP contribution in [0.4, 0.5) is 0 Å². The molecular weight excluding hydrogens is 677 g/mol. The molecule has 3 nitrogen and oxygen atoms in total. The van der Waals surface area contributed by atoms with Gasteiger partial charge in [0.1, 0.15) is 11.2 Å². The molecule has 54 heavy (non-hydrogen) atoms. The SMILES string of the molecule is Cc1cc2c(cc1-c1ccccc1C[C@H](C)c1ccc3sc4cccc(-c5cc(-c6ccccc6)nc(-c6ccccc6)n5)c4c3c1)oc1ccccc12. The van der Waals surface area contributed by atoms with Gasteiger partial charge in [-0.25, -0.2) is 9.97 Å². The fourth-order valence-corrected chi connectivity index (χ4v) is 9.11. The van der Waals surface area contributed by atoms with Gasteiger partial charge in [0.2, 0.25) is 0 Å². The molecule has 0 aliphatic rings. The third kappa shape index (κ3) is 5.67. The van der Waals surface area contributed by atoms with Gasteiger partial charge < -0.3 is 4.42 Å². The van der Waals surface area contributed by atoms with Crippen LogP contribution in [-0.4, -0.2) is 9.97 Å². The molecule has 1 atom stereocenters. The Hall–Kier alpha value is -6.36. The lowest BCUT2D eigenvalue weighted by Gasteiger charge is -2.17. The van der Waals surface area contributed by atoms with Crippen molar-refractivity contribution in [2.24, 2.45) is 0 Å². The van der Waals surface area contributed by atoms with E-state index in [1.54, 1.807) is 0 Å². The van der Waals surface area contributed by atoms with E-state index in [1.807, 2.05) is 47.7 Å². The van der Waals surface area contributed by atoms with Crippen LogP contribution in [0.1, 0.15) is 29.5 Å². The Balaban J connectivity index is 1.05. The summed E-state index contributed by atoms with van der Waals surface area (Å²) < 4.78 is 8.86. The normalized spacial score (nSPS) is 12.3. The van der Waals surface area contributed by atoms with Gasteiger partial charge in [0.05, 0.1) is 11.4 Å². The summed E-state index contributed by atoms with van der Waals surface area (Å²) in [6.45, 7) is 4.57. The van der Waals surface area contributed by atoms with Gasteiger partial charge in [0.15, 0.2) is 5.82 Å². The molecular formula is C50H36N2OS. The van der Waals surface area contributed by atoms with Crippen molar-refractivity contribution in [3.8, 4) is 45.0 Å². The first-order valence-corrected chi connectivity index (χ1v) is 19.3. The number of rotatable bonds is 7. The largest absolute Gasteiger partial charge is 0.456 e. The highest BCUT2D eigenvalue weighted by molar-refractivity contribution is 7.25. The van der Waals surface area contributed by atoms with Crippen LogP contribution in [0.5, 0.6) is 0 Å². The highest BCUT2D eigenvalue weighted by Gasteiger charge is 2.19. The maximum atomic E-state index is 6.32. The van der Waals surface area contributed by atoms with Crippen LogP contribution in [0.15, 0.2) is 168 Å². The molecule has 3 aromatic heterocycles. The number of nitrogens with zero attached hydrogens (tertiary/aromatic N) is 2. The zero-order valence-corrected chi connectivity index (χ0v) is 30.9. The third-order valence-electron chi connectivity index (χ3n) is 10.7. The van der Waals surface area contributed by atoms with Gasteiger partial charge in [0.25, 0.3) is 0 Å². The lowest BCUT2D eigenvalue weighted by Crippen LogP contribution is -2.01. The van der Waals surface area contributed by atoms with Crippen molar-refractivity contribution < 1.29 is 4.42 Å². The van der Waals surface area contributed by atoms with E-state index in [2.05, 4.69) is 141 Å². The molecule has 0 aliphatic heterocycles. The molecule has 0 amide bonds. The Morgan fingerprint density at radius 1 is 0.537 bits per heavy atom. The number of aromatic nitrogens is 2. The second-order valence-electron chi connectivity index (χ2n) is 14.3. The van der Waals surface area contributed by atoms with E-state index in [0.717, 1.165) is 56.9 Å². The zero-order chi connectivity index (χ0) is 36.2. The van der Waals surface area contributed by atoms with Gasteiger partial charge in [-0.2, -0.15) is 0 Å². The second kappa shape index (κ2) is 13.2. The van der Waals surface area contributed by atoms with Crippen molar-refractivity contribution in [2.75, 3.05) is 0 Å². The number of hydrogen-bond acceptors (Lipinski definition) is 4. The molecule has 10 rings (SSSR count). The van der Waals surface area contributed by atoms with E-state index >= 15 is 0 Å². The minimum atomic E-state index is 0.293. The van der Waals surface area contributed by atoms with E-state index in [9.17, 15) is 0 Å². The predicted molar refractivity (Wildman–Crippen MR) is 227 cm³/mol. The fourth-order valence-electron chi connectivity index (χ4n) is 8.00. The average Bonchev–Trinajstić information content (AvgIpc) is 3.79. The van der Waals surface area contributed by atoms with Gasteiger partial charge in [-0.3, -0.25) is 0 Å². The summed E-state index contributed by atoms with van der Waals surface area (Å²) in [6, 6.07) is 58.2. The van der Waals surface area contributed by atoms with Crippen LogP contribution in [0, 0.1) is 6.92 Å². The molecule has 0 bridgehead atoms. The first kappa shape index (κ1) is 32.3. The number of thiophene rings is 1. The Morgan fingerprint density at radius 3 is 2.11 bits per heavy atom. The minimum Gasteiger partial charge on any atom is -0.456 e. The molecule has 0 saturated heterocycles. The van der Waals surface area contributed by atoms with Crippen molar-refractivity contribution in [2.45, 2.75) is 26.2 Å². The number of hydrogen-bond donors (Lipinski definition) is 0. The summed E-state index contributed by atoms with van der Waals surface area (Å²) in [7, 11) is 0. The van der Waals surface area contributed by atoms with E-state index in [1.165, 1.54) is 53.4 Å². The minimum absolute atomic E-state index is 0.293. The van der Waals surface area contributed by atoms with Crippen LogP contribution in [0.25, 0.3) is 87.1 Å². The van der Waals surface area contributed by atoms with Gasteiger partial charge >= 0.3 is 0 Å². The summed E-state index contributed by atoms with van der Waals surface area (Å²) in [6.07, 6.45) is 0.918. The van der Waals surface area contributed by atoms with Crippen molar-refractivity contribution in [1.29, 1.82) is 0 Å². The Bertz CT molecular complexity index is 2940. The van der Waals surface area contributed by atoms with E-state index < -0.39 is 0 Å². The van der Waals surface area contributed by atoms with Crippen molar-refractivity contribution in [3.63, 3.8) is 0 Å². The van der Waals surface area contributed by atoms with E-state index in [-0.39, 0.29) is 0 Å². The predicted octanol–water partition coefficient (Wildman–Crippen LogP) is 14.1. The fraction of sp³-hybridized carbons (Fsp3) is 0.0800. The van der Waals surface area contributed by atoms with Gasteiger partial charge in [-0.05, 0) is 89.5 Å². The van der Waals surface area contributed by atoms with Gasteiger partial charge in [0, 0.05) is 47.6 Å². The molecule has 0 unspecified atom stereocenters. The van der Waals surface area contributed by atoms with Crippen LogP contribution in [-0.2, 0) is 6.42 Å². The molecule has 4 heteroatoms. The summed E-state index contributed by atoms with van der Waals surface area (Å²) in [5.74, 6) is 1.02. The van der Waals surface area contributed by atoms with Crippen LogP contribution < -0.4 is 0 Å². The first-order valence-electron chi connectivity index (χ1n) is 18.5. The standard InChI is InChI=1S/C50H36N2OS/c1-31(26-36-18-9-10-19-37(36)40-29-46-41(27-32(40)2)38-20-11-12-22-45(38)53-46)35-24-25-47-42(28-35)49-39(21-13-23-48(49)54-47)44-30-43(33-14-5-3-6-15-33)51-50(52-44)34-16-7-4-8-17-34/h3-25,27-31H,26H2,1-2H3/t31-/m0/s1. The molecule has 7 aromatic carbocycles. The summed E-state index contributed by atoms with van der Waals surface area (Å²) in [4.78, 5) is 10.3. The van der Waals surface area contributed by atoms with E-state index in [4.69, 9.17) is 14.4 Å². The highest BCUT2D eigenvalue weighted by atomic mass is 32.1. The highest BCUT2D eigenvalue weighted by Crippen LogP contribution is 2.42. The molecule has 258 valence electrons. The van der Waals surface area contributed by atoms with Crippen LogP contribution >= 0.6 is 11.3 Å². The molecule has 0 radical (unpaired) electrons. The quantitative estimate of drug-likeness (QED) is 0.165. The third-order valence-corrected chi connectivity index (χ3v) is 11.9. The number of fused-ring (bicyclic) bond motifs is 6. The van der Waals surface area contributed by atoms with Crippen molar-refractivity contribution >= 4 is 53.4 Å². The average molecular weight is 713 g/mol. The number of furan rings is 1. The molecule has 10 aromatic rings. The molecule has 0 fully saturated rings. The smallest absolute Gasteiger partial charge is 0.160 e. The first-order chi connectivity index (χ1) is 26.6. The van der Waals surface area contributed by atoms with Crippen LogP contribution in [0.2, 0.25) is 0 Å². The maximum Gasteiger partial charge on any atom is 0.160 e. The molecule has 3 heterocycles. The van der Waals surface area contributed by atoms with Gasteiger partial charge in [-0.1, -0.05) is 128 Å². The summed E-state index contributed by atoms with van der Waals surface area (Å²) >= 11 is 1.85. The molecule has 0 aliphatic carbocycles. The van der Waals surface area contributed by atoms with E-state index in [0.29, 0.717) is 5.92 Å². The monoisotopic (exact) mass is 712 g/mol. The van der Waals surface area contributed by atoms with Crippen LogP contribution in [0.3, 0.4) is 0 Å². The lowest BCUT2D eigenvalue weighted by atomic mass is 9.87. The number of benzene rings is 7. The maximum absolute atomic E-state index is 6.32. The van der Waals surface area contributed by atoms with Gasteiger partial charge in [-0.15, -0.1) is 11.3 Å². The molecule has 0 N–H and O–H groups in total. The van der Waals surface area contributed by atoms with Crippen molar-refractivity contribution in [1.82, 2.24) is 9.97 Å². The molecule has 0 spiro atoms. The van der Waals surface area contributed by atoms with Crippen molar-refractivity contribution in [3.05, 3.63) is 180 Å². The summed E-state index contributed by atoms with van der Waals surface area (Å²) in [5, 5.41) is 4.86. The number of para-hydroxylation sites is 1. The zero-order valence-electron chi connectivity index (χ0n) is 30.1. The number of aryl methyl sites for hydroxylation is 1. The lowest BCUT2D eigenvalue weighted by molar-refractivity contribution is 0.669. The Kier molecular flexibility index (Phi) is 7.92. The summed E-state index contributed by atoms with van der Waals surface area (Å²) in [5.41, 5.74) is 13.3. The molecule has 0 saturated carbocycles.